The largest absolute Gasteiger partial charge is 0.508 e. The smallest absolute Gasteiger partial charge is 0.438 e. The molecule has 0 fully saturated rings. The number of hydrogen-bond acceptors (Lipinski definition) is 5. The van der Waals surface area contributed by atoms with Gasteiger partial charge < -0.3 is 9.47 Å². The van der Waals surface area contributed by atoms with Gasteiger partial charge in [0.25, 0.3) is 0 Å². The molecule has 0 N–H and O–H groups in total. The predicted molar refractivity (Wildman–Crippen MR) is 86.1 cm³/mol. The molecule has 0 aliphatic rings. The number of rotatable bonds is 6. The lowest BCUT2D eigenvalue weighted by Crippen LogP contribution is -2.32. The average molecular weight is 337 g/mol. The van der Waals surface area contributed by atoms with Crippen LogP contribution in [0.4, 0.5) is 4.79 Å². The van der Waals surface area contributed by atoms with Crippen molar-refractivity contribution in [1.82, 2.24) is 4.31 Å². The zero-order valence-electron chi connectivity index (χ0n) is 13.1. The van der Waals surface area contributed by atoms with Crippen LogP contribution in [0.3, 0.4) is 0 Å². The Bertz CT molecular complexity index is 701. The molecule has 0 unspecified atom stereocenters. The summed E-state index contributed by atoms with van der Waals surface area (Å²) in [6.07, 6.45) is -0.838. The van der Waals surface area contributed by atoms with Crippen LogP contribution >= 0.6 is 0 Å². The van der Waals surface area contributed by atoms with Crippen LogP contribution in [0.1, 0.15) is 6.92 Å². The van der Waals surface area contributed by atoms with E-state index < -0.39 is 16.2 Å². The van der Waals surface area contributed by atoms with Gasteiger partial charge in [-0.15, -0.1) is 0 Å². The second-order valence-electron chi connectivity index (χ2n) is 4.64. The fraction of sp³-hybridized carbons (Fsp3) is 0.312. The van der Waals surface area contributed by atoms with E-state index >= 15 is 0 Å². The third kappa shape index (κ3) is 6.14. The van der Waals surface area contributed by atoms with Crippen molar-refractivity contribution >= 4 is 16.2 Å². The van der Waals surface area contributed by atoms with Crippen LogP contribution in [0, 0.1) is 11.8 Å². The fourth-order valence-corrected chi connectivity index (χ4v) is 3.04. The van der Waals surface area contributed by atoms with Crippen molar-refractivity contribution < 1.29 is 22.7 Å². The molecule has 1 aromatic rings. The number of carbonyl (C=O) groups excluding carboxylic acids is 1. The van der Waals surface area contributed by atoms with Crippen molar-refractivity contribution in [3.8, 4) is 11.8 Å². The third-order valence-electron chi connectivity index (χ3n) is 2.64. The van der Waals surface area contributed by atoms with Crippen molar-refractivity contribution in [1.29, 1.82) is 0 Å². The quantitative estimate of drug-likeness (QED) is 0.451. The van der Waals surface area contributed by atoms with Crippen LogP contribution in [-0.4, -0.2) is 45.7 Å². The van der Waals surface area contributed by atoms with Crippen molar-refractivity contribution in [3.05, 3.63) is 42.5 Å². The van der Waals surface area contributed by atoms with Crippen molar-refractivity contribution in [2.45, 2.75) is 11.8 Å². The second-order valence-corrected chi connectivity index (χ2v) is 6.58. The second kappa shape index (κ2) is 8.98. The van der Waals surface area contributed by atoms with Gasteiger partial charge in [-0.05, 0) is 19.1 Å². The molecule has 0 aromatic heterocycles. The average Bonchev–Trinajstić information content (AvgIpc) is 2.53. The van der Waals surface area contributed by atoms with Gasteiger partial charge in [-0.2, -0.15) is 4.31 Å². The van der Waals surface area contributed by atoms with Crippen LogP contribution in [0.5, 0.6) is 0 Å². The first kappa shape index (κ1) is 18.7. The highest BCUT2D eigenvalue weighted by atomic mass is 32.2. The number of nitrogens with zero attached hydrogens (tertiary/aromatic N) is 1. The SMILES string of the molecule is C=C(C)CN(CC#CCOC(=O)OC)S(=O)(=O)c1ccccc1. The lowest BCUT2D eigenvalue weighted by molar-refractivity contribution is 0.0832. The van der Waals surface area contributed by atoms with Crippen LogP contribution in [0.2, 0.25) is 0 Å². The molecule has 0 amide bonds. The summed E-state index contributed by atoms with van der Waals surface area (Å²) in [6.45, 7) is 5.43. The molecule has 23 heavy (non-hydrogen) atoms. The lowest BCUT2D eigenvalue weighted by atomic mass is 10.3. The minimum atomic E-state index is -3.67. The first-order valence-electron chi connectivity index (χ1n) is 6.74. The van der Waals surface area contributed by atoms with Crippen molar-refractivity contribution in [2.24, 2.45) is 0 Å². The molecule has 1 rings (SSSR count). The van der Waals surface area contributed by atoms with Crippen molar-refractivity contribution in [2.75, 3.05) is 26.8 Å². The summed E-state index contributed by atoms with van der Waals surface area (Å²) in [5.74, 6) is 5.24. The molecule has 7 heteroatoms. The summed E-state index contributed by atoms with van der Waals surface area (Å²) in [5, 5.41) is 0. The Balaban J connectivity index is 2.83. The highest BCUT2D eigenvalue weighted by molar-refractivity contribution is 7.89. The summed E-state index contributed by atoms with van der Waals surface area (Å²) >= 11 is 0. The van der Waals surface area contributed by atoms with E-state index in [9.17, 15) is 13.2 Å². The van der Waals surface area contributed by atoms with Gasteiger partial charge >= 0.3 is 6.16 Å². The first-order valence-corrected chi connectivity index (χ1v) is 8.18. The number of benzene rings is 1. The molecule has 0 aliphatic heterocycles. The molecule has 0 saturated heterocycles. The molecule has 0 bridgehead atoms. The van der Waals surface area contributed by atoms with E-state index in [4.69, 9.17) is 0 Å². The number of carbonyl (C=O) groups is 1. The summed E-state index contributed by atoms with van der Waals surface area (Å²) in [4.78, 5) is 11.0. The van der Waals surface area contributed by atoms with Gasteiger partial charge in [0.2, 0.25) is 10.0 Å². The maximum absolute atomic E-state index is 12.6. The van der Waals surface area contributed by atoms with Gasteiger partial charge in [0.1, 0.15) is 0 Å². The Morgan fingerprint density at radius 3 is 2.48 bits per heavy atom. The third-order valence-corrected chi connectivity index (χ3v) is 4.44. The number of hydrogen-bond donors (Lipinski definition) is 0. The minimum Gasteiger partial charge on any atom is -0.438 e. The number of sulfonamides is 1. The van der Waals surface area contributed by atoms with E-state index in [2.05, 4.69) is 27.9 Å². The Morgan fingerprint density at radius 2 is 1.91 bits per heavy atom. The molecule has 1 aromatic carbocycles. The Labute approximate surface area is 136 Å². The minimum absolute atomic E-state index is 0.0331. The molecule has 0 atom stereocenters. The number of methoxy groups -OCH3 is 1. The van der Waals surface area contributed by atoms with Gasteiger partial charge in [-0.3, -0.25) is 0 Å². The van der Waals surface area contributed by atoms with Crippen LogP contribution < -0.4 is 0 Å². The molecule has 0 spiro atoms. The van der Waals surface area contributed by atoms with E-state index in [1.807, 2.05) is 0 Å². The molecular weight excluding hydrogens is 318 g/mol. The maximum atomic E-state index is 12.6. The van der Waals surface area contributed by atoms with E-state index in [-0.39, 0.29) is 24.6 Å². The first-order chi connectivity index (χ1) is 10.9. The monoisotopic (exact) mass is 337 g/mol. The fourth-order valence-electron chi connectivity index (χ4n) is 1.62. The molecule has 124 valence electrons. The summed E-state index contributed by atoms with van der Waals surface area (Å²) < 4.78 is 35.3. The van der Waals surface area contributed by atoms with E-state index in [0.717, 1.165) is 0 Å². The van der Waals surface area contributed by atoms with E-state index in [1.54, 1.807) is 25.1 Å². The summed E-state index contributed by atoms with van der Waals surface area (Å²) in [5.41, 5.74) is 0.692. The van der Waals surface area contributed by atoms with Crippen molar-refractivity contribution in [3.63, 3.8) is 0 Å². The zero-order chi connectivity index (χ0) is 17.3. The van der Waals surface area contributed by atoms with E-state index in [0.29, 0.717) is 5.57 Å². The maximum Gasteiger partial charge on any atom is 0.508 e. The highest BCUT2D eigenvalue weighted by Gasteiger charge is 2.23. The molecule has 0 aliphatic carbocycles. The highest BCUT2D eigenvalue weighted by Crippen LogP contribution is 2.15. The molecular formula is C16H19NO5S. The number of ether oxygens (including phenoxy) is 2. The Kier molecular flexibility index (Phi) is 7.32. The zero-order valence-corrected chi connectivity index (χ0v) is 13.9. The summed E-state index contributed by atoms with van der Waals surface area (Å²) in [6, 6.07) is 8.10. The topological polar surface area (TPSA) is 72.9 Å². The molecule has 0 heterocycles. The Morgan fingerprint density at radius 1 is 1.26 bits per heavy atom. The molecule has 6 nitrogen and oxygen atoms in total. The normalized spacial score (nSPS) is 10.6. The van der Waals surface area contributed by atoms with Gasteiger partial charge in [0.15, 0.2) is 6.61 Å². The Hall–Kier alpha value is -2.30. The van der Waals surface area contributed by atoms with Gasteiger partial charge in [0, 0.05) is 6.54 Å². The van der Waals surface area contributed by atoms with Gasteiger partial charge in [-0.25, -0.2) is 13.2 Å². The summed E-state index contributed by atoms with van der Waals surface area (Å²) in [7, 11) is -2.48. The van der Waals surface area contributed by atoms with E-state index in [1.165, 1.54) is 23.5 Å². The molecule has 0 saturated carbocycles. The molecule has 0 radical (unpaired) electrons. The van der Waals surface area contributed by atoms with Crippen LogP contribution in [0.15, 0.2) is 47.4 Å². The standard InChI is InChI=1S/C16H19NO5S/c1-14(2)13-17(11-7-8-12-22-16(18)21-3)23(19,20)15-9-5-4-6-10-15/h4-6,9-10H,1,11-13H2,2-3H3. The lowest BCUT2D eigenvalue weighted by Gasteiger charge is -2.19. The van der Waals surface area contributed by atoms with Gasteiger partial charge in [-0.1, -0.05) is 42.2 Å². The van der Waals surface area contributed by atoms with Crippen LogP contribution in [0.25, 0.3) is 0 Å². The van der Waals surface area contributed by atoms with Crippen LogP contribution in [-0.2, 0) is 19.5 Å². The van der Waals surface area contributed by atoms with Gasteiger partial charge in [0.05, 0.1) is 18.6 Å². The predicted octanol–water partition coefficient (Wildman–Crippen LogP) is 2.04.